The molecule has 0 spiro atoms. The highest BCUT2D eigenvalue weighted by Crippen LogP contribution is 2.39. The lowest BCUT2D eigenvalue weighted by atomic mass is 10.00. The second-order valence-corrected chi connectivity index (χ2v) is 14.9. The lowest BCUT2D eigenvalue weighted by Gasteiger charge is -2.24. The number of aromatic amines is 2. The molecule has 8 bridgehead atoms. The highest BCUT2D eigenvalue weighted by Gasteiger charge is 2.20. The quantitative estimate of drug-likeness (QED) is 0.117. The zero-order valence-electron chi connectivity index (χ0n) is 30.9. The number of halogens is 1. The molecule has 6 nitrogen and oxygen atoms in total. The fourth-order valence-corrected chi connectivity index (χ4v) is 7.61. The fourth-order valence-electron chi connectivity index (χ4n) is 7.61. The van der Waals surface area contributed by atoms with E-state index in [-0.39, 0.29) is 29.7 Å². The van der Waals surface area contributed by atoms with E-state index < -0.39 is 0 Å². The van der Waals surface area contributed by atoms with Crippen LogP contribution in [-0.2, 0) is 6.54 Å². The summed E-state index contributed by atoms with van der Waals surface area (Å²) in [6.45, 7) is 0.669. The molecule has 0 atom stereocenters. The molecule has 0 fully saturated rings. The zero-order valence-corrected chi connectivity index (χ0v) is 33.0. The highest BCUT2D eigenvalue weighted by molar-refractivity contribution is 5.99. The molecule has 270 valence electrons. The number of nitrogens with one attached hydrogen (secondary N) is 2. The van der Waals surface area contributed by atoms with E-state index in [1.54, 1.807) is 6.07 Å². The first-order valence-electron chi connectivity index (χ1n) is 18.2. The molecular formula is C48H40IN5O. The average molecular weight is 830 g/mol. The number of hydrogen-bond donors (Lipinski definition) is 3. The Hall–Kier alpha value is -6.03. The minimum absolute atomic E-state index is 0. The van der Waals surface area contributed by atoms with Crippen molar-refractivity contribution >= 4 is 46.4 Å². The Kier molecular flexibility index (Phi) is 9.59. The summed E-state index contributed by atoms with van der Waals surface area (Å²) in [6, 6.07) is 45.8. The molecular weight excluding hydrogens is 789 g/mol. The number of phenols is 1. The molecule has 0 radical (unpaired) electrons. The van der Waals surface area contributed by atoms with Crippen LogP contribution in [0.3, 0.4) is 0 Å². The van der Waals surface area contributed by atoms with Crippen LogP contribution >= 0.6 is 0 Å². The lowest BCUT2D eigenvalue weighted by molar-refractivity contribution is -0.884. The van der Waals surface area contributed by atoms with Crippen LogP contribution in [-0.4, -0.2) is 50.7 Å². The Labute approximate surface area is 337 Å². The van der Waals surface area contributed by atoms with Gasteiger partial charge in [-0.3, -0.25) is 0 Å². The number of aromatic hydroxyl groups is 1. The predicted molar refractivity (Wildman–Crippen MR) is 224 cm³/mol. The SMILES string of the molecule is C[N+](C)(C)Cc1cc(-c2c3nc(c(-c4ccccc4)c4ccc([nH]4)c(-c4ccccc4)c4nc(c(-c5ccccc5)c5ccc2[nH]5)C=C4)C=C3)ccc1O.[I-]. The number of aromatic nitrogens is 4. The second kappa shape index (κ2) is 14.7. The van der Waals surface area contributed by atoms with E-state index >= 15 is 0 Å². The third-order valence-electron chi connectivity index (χ3n) is 9.95. The maximum absolute atomic E-state index is 11.0. The van der Waals surface area contributed by atoms with Crippen molar-refractivity contribution in [2.24, 2.45) is 0 Å². The van der Waals surface area contributed by atoms with Gasteiger partial charge in [0.15, 0.2) is 0 Å². The summed E-state index contributed by atoms with van der Waals surface area (Å²) in [7, 11) is 6.39. The van der Waals surface area contributed by atoms with E-state index in [2.05, 4.69) is 159 Å². The van der Waals surface area contributed by atoms with Gasteiger partial charge in [0, 0.05) is 49.9 Å². The summed E-state index contributed by atoms with van der Waals surface area (Å²) in [4.78, 5) is 18.4. The summed E-state index contributed by atoms with van der Waals surface area (Å²) < 4.78 is 0.679. The van der Waals surface area contributed by atoms with Crippen LogP contribution in [0.1, 0.15) is 28.3 Å². The highest BCUT2D eigenvalue weighted by atomic mass is 127. The smallest absolute Gasteiger partial charge is 0.124 e. The molecule has 4 aromatic carbocycles. The van der Waals surface area contributed by atoms with Crippen molar-refractivity contribution in [3.05, 3.63) is 162 Å². The first-order chi connectivity index (χ1) is 26.3. The Morgan fingerprint density at radius 3 is 1.15 bits per heavy atom. The van der Waals surface area contributed by atoms with Gasteiger partial charge >= 0.3 is 0 Å². The topological polar surface area (TPSA) is 77.6 Å². The van der Waals surface area contributed by atoms with Gasteiger partial charge in [-0.25, -0.2) is 9.97 Å². The number of H-pyrrole nitrogens is 2. The number of fused-ring (bicyclic) bond motifs is 8. The minimum Gasteiger partial charge on any atom is -1.00 e. The predicted octanol–water partition coefficient (Wildman–Crippen LogP) is 8.24. The number of quaternary nitrogens is 1. The van der Waals surface area contributed by atoms with Gasteiger partial charge < -0.3 is 43.5 Å². The van der Waals surface area contributed by atoms with E-state index in [1.165, 1.54) is 0 Å². The van der Waals surface area contributed by atoms with Gasteiger partial charge in [0.1, 0.15) is 12.3 Å². The molecule has 0 saturated carbocycles. The van der Waals surface area contributed by atoms with Gasteiger partial charge in [-0.1, -0.05) is 97.1 Å². The molecule has 55 heavy (non-hydrogen) atoms. The molecule has 5 heterocycles. The monoisotopic (exact) mass is 829 g/mol. The van der Waals surface area contributed by atoms with Crippen molar-refractivity contribution in [1.29, 1.82) is 0 Å². The Balaban J connectivity index is 0.00000427. The van der Waals surface area contributed by atoms with E-state index in [9.17, 15) is 5.11 Å². The van der Waals surface area contributed by atoms with Crippen molar-refractivity contribution in [2.75, 3.05) is 21.1 Å². The molecule has 7 heteroatoms. The normalized spacial score (nSPS) is 12.1. The maximum atomic E-state index is 11.0. The molecule has 9 rings (SSSR count). The van der Waals surface area contributed by atoms with Crippen molar-refractivity contribution < 1.29 is 33.6 Å². The van der Waals surface area contributed by atoms with Gasteiger partial charge in [-0.05, 0) is 83.0 Å². The zero-order chi connectivity index (χ0) is 36.8. The standard InChI is InChI=1S/C48H39N5O.HI/c1-53(2,3)30-35-29-34(19-28-44(35)54)48-42-26-24-40(51-42)46(32-15-9-5-10-16-32)38-22-20-36(49-38)45(31-13-7-4-8-14-31)37-21-23-39(50-37)47(33-17-11-6-12-18-33)41-25-27-43(48)52-41;/h4-29H,30H2,1-3H3,(H2-,49,50,51,52,54);1H. The number of benzene rings is 4. The van der Waals surface area contributed by atoms with Gasteiger partial charge in [0.25, 0.3) is 0 Å². The van der Waals surface area contributed by atoms with Crippen LogP contribution in [0.4, 0.5) is 0 Å². The van der Waals surface area contributed by atoms with Gasteiger partial charge in [0.05, 0.1) is 43.9 Å². The summed E-state index contributed by atoms with van der Waals surface area (Å²) in [5, 5.41) is 11.0. The Bertz CT molecular complexity index is 2740. The van der Waals surface area contributed by atoms with Crippen molar-refractivity contribution in [1.82, 2.24) is 19.9 Å². The molecule has 0 saturated heterocycles. The minimum atomic E-state index is 0. The maximum Gasteiger partial charge on any atom is 0.124 e. The van der Waals surface area contributed by atoms with Crippen LogP contribution < -0.4 is 24.0 Å². The number of nitrogens with zero attached hydrogens (tertiary/aromatic N) is 3. The van der Waals surface area contributed by atoms with Gasteiger partial charge in [0.2, 0.25) is 0 Å². The first-order valence-corrected chi connectivity index (χ1v) is 18.2. The molecule has 3 aromatic heterocycles. The van der Waals surface area contributed by atoms with Crippen molar-refractivity contribution in [2.45, 2.75) is 6.54 Å². The molecule has 0 unspecified atom stereocenters. The molecule has 7 aromatic rings. The van der Waals surface area contributed by atoms with Crippen LogP contribution in [0, 0.1) is 0 Å². The summed E-state index contributed by atoms with van der Waals surface area (Å²) in [6.07, 6.45) is 8.47. The average Bonchev–Trinajstić information content (AvgIpc) is 4.02. The van der Waals surface area contributed by atoms with Crippen LogP contribution in [0.5, 0.6) is 5.75 Å². The van der Waals surface area contributed by atoms with Crippen molar-refractivity contribution in [3.63, 3.8) is 0 Å². The summed E-state index contributed by atoms with van der Waals surface area (Å²) in [5.74, 6) is 0.288. The first kappa shape index (κ1) is 36.0. The molecule has 3 N–H and O–H groups in total. The van der Waals surface area contributed by atoms with Crippen LogP contribution in [0.2, 0.25) is 0 Å². The molecule has 0 amide bonds. The van der Waals surface area contributed by atoms with Crippen LogP contribution in [0.15, 0.2) is 133 Å². The fraction of sp³-hybridized carbons (Fsp3) is 0.0833. The van der Waals surface area contributed by atoms with E-state index in [0.29, 0.717) is 11.0 Å². The Morgan fingerprint density at radius 2 is 0.800 bits per heavy atom. The van der Waals surface area contributed by atoms with E-state index in [0.717, 1.165) is 94.9 Å². The van der Waals surface area contributed by atoms with Crippen LogP contribution in [0.25, 0.3) is 90.9 Å². The van der Waals surface area contributed by atoms with Crippen molar-refractivity contribution in [3.8, 4) is 50.3 Å². The Morgan fingerprint density at radius 1 is 0.455 bits per heavy atom. The molecule has 2 aliphatic rings. The van der Waals surface area contributed by atoms with E-state index in [4.69, 9.17) is 9.97 Å². The number of rotatable bonds is 6. The molecule has 0 aliphatic carbocycles. The van der Waals surface area contributed by atoms with E-state index in [1.807, 2.05) is 24.3 Å². The number of phenolic OH excluding ortho intramolecular Hbond substituents is 1. The lowest BCUT2D eigenvalue weighted by Crippen LogP contribution is -3.00. The van der Waals surface area contributed by atoms with Gasteiger partial charge in [-0.15, -0.1) is 0 Å². The summed E-state index contributed by atoms with van der Waals surface area (Å²) >= 11 is 0. The largest absolute Gasteiger partial charge is 1.00 e. The third-order valence-corrected chi connectivity index (χ3v) is 9.95. The number of hydrogen-bond acceptors (Lipinski definition) is 3. The second-order valence-electron chi connectivity index (χ2n) is 14.9. The summed E-state index contributed by atoms with van der Waals surface area (Å²) in [5.41, 5.74) is 16.3. The van der Waals surface area contributed by atoms with Gasteiger partial charge in [-0.2, -0.15) is 0 Å². The third kappa shape index (κ3) is 7.04. The molecule has 2 aliphatic heterocycles.